The van der Waals surface area contributed by atoms with Crippen molar-refractivity contribution < 1.29 is 5.11 Å². The van der Waals surface area contributed by atoms with Gasteiger partial charge in [0, 0.05) is 13.0 Å². The maximum absolute atomic E-state index is 8.73. The number of hydrogen-bond acceptors (Lipinski definition) is 3. The SMILES string of the molecule is OCCC1Nc2ccccc2N1. The Balaban J connectivity index is 2.11. The van der Waals surface area contributed by atoms with Crippen LogP contribution in [0.5, 0.6) is 0 Å². The molecule has 0 atom stereocenters. The highest BCUT2D eigenvalue weighted by atomic mass is 16.3. The van der Waals surface area contributed by atoms with Gasteiger partial charge in [0.25, 0.3) is 0 Å². The summed E-state index contributed by atoms with van der Waals surface area (Å²) in [6, 6.07) is 8.04. The maximum atomic E-state index is 8.73. The maximum Gasteiger partial charge on any atom is 0.0986 e. The van der Waals surface area contributed by atoms with E-state index in [-0.39, 0.29) is 12.8 Å². The molecule has 0 amide bonds. The number of aliphatic hydroxyl groups excluding tert-OH is 1. The van der Waals surface area contributed by atoms with Crippen LogP contribution in [0.15, 0.2) is 24.3 Å². The highest BCUT2D eigenvalue weighted by Crippen LogP contribution is 2.28. The number of para-hydroxylation sites is 2. The van der Waals surface area contributed by atoms with Crippen LogP contribution in [0, 0.1) is 0 Å². The summed E-state index contributed by atoms with van der Waals surface area (Å²) in [5.41, 5.74) is 2.24. The third-order valence-corrected chi connectivity index (χ3v) is 2.00. The van der Waals surface area contributed by atoms with Crippen molar-refractivity contribution in [1.82, 2.24) is 0 Å². The van der Waals surface area contributed by atoms with E-state index in [1.807, 2.05) is 24.3 Å². The Labute approximate surface area is 71.4 Å². The number of benzene rings is 1. The molecular weight excluding hydrogens is 152 g/mol. The van der Waals surface area contributed by atoms with Gasteiger partial charge in [0.05, 0.1) is 17.5 Å². The molecule has 1 aromatic rings. The summed E-state index contributed by atoms with van der Waals surface area (Å²) in [4.78, 5) is 0. The summed E-state index contributed by atoms with van der Waals surface area (Å²) >= 11 is 0. The lowest BCUT2D eigenvalue weighted by atomic mass is 10.3. The Morgan fingerprint density at radius 3 is 2.25 bits per heavy atom. The quantitative estimate of drug-likeness (QED) is 0.616. The minimum atomic E-state index is 0.187. The zero-order valence-electron chi connectivity index (χ0n) is 6.75. The molecule has 0 bridgehead atoms. The molecule has 3 nitrogen and oxygen atoms in total. The Morgan fingerprint density at radius 2 is 1.75 bits per heavy atom. The molecular formula is C9H12N2O. The Kier molecular flexibility index (Phi) is 1.87. The van der Waals surface area contributed by atoms with Crippen molar-refractivity contribution in [1.29, 1.82) is 0 Å². The van der Waals surface area contributed by atoms with E-state index in [1.54, 1.807) is 0 Å². The van der Waals surface area contributed by atoms with E-state index in [1.165, 1.54) is 0 Å². The zero-order valence-corrected chi connectivity index (χ0v) is 6.75. The molecule has 12 heavy (non-hydrogen) atoms. The fraction of sp³-hybridized carbons (Fsp3) is 0.333. The number of hydrogen-bond donors (Lipinski definition) is 3. The Morgan fingerprint density at radius 1 is 1.17 bits per heavy atom. The average Bonchev–Trinajstić information content (AvgIpc) is 2.47. The minimum Gasteiger partial charge on any atom is -0.396 e. The van der Waals surface area contributed by atoms with Gasteiger partial charge in [-0.2, -0.15) is 0 Å². The van der Waals surface area contributed by atoms with Gasteiger partial charge in [-0.3, -0.25) is 0 Å². The van der Waals surface area contributed by atoms with E-state index in [9.17, 15) is 0 Å². The molecule has 0 saturated heterocycles. The highest BCUT2D eigenvalue weighted by molar-refractivity contribution is 5.73. The minimum absolute atomic E-state index is 0.187. The standard InChI is InChI=1S/C9H12N2O/c12-6-5-9-10-7-3-1-2-4-8(7)11-9/h1-4,9-12H,5-6H2. The molecule has 3 heteroatoms. The number of nitrogens with one attached hydrogen (secondary N) is 2. The van der Waals surface area contributed by atoms with Gasteiger partial charge in [0.15, 0.2) is 0 Å². The second kappa shape index (κ2) is 3.03. The van der Waals surface area contributed by atoms with E-state index in [4.69, 9.17) is 5.11 Å². The Hall–Kier alpha value is -1.22. The molecule has 1 aromatic carbocycles. The van der Waals surface area contributed by atoms with Crippen LogP contribution in [0.3, 0.4) is 0 Å². The van der Waals surface area contributed by atoms with Gasteiger partial charge in [-0.25, -0.2) is 0 Å². The van der Waals surface area contributed by atoms with Gasteiger partial charge < -0.3 is 15.7 Å². The van der Waals surface area contributed by atoms with Crippen molar-refractivity contribution in [3.8, 4) is 0 Å². The summed E-state index contributed by atoms with van der Waals surface area (Å²) < 4.78 is 0. The molecule has 1 aliphatic heterocycles. The largest absolute Gasteiger partial charge is 0.396 e. The van der Waals surface area contributed by atoms with Crippen LogP contribution in [-0.2, 0) is 0 Å². The summed E-state index contributed by atoms with van der Waals surface area (Å²) in [5, 5.41) is 15.3. The molecule has 1 heterocycles. The third kappa shape index (κ3) is 1.23. The van der Waals surface area contributed by atoms with Gasteiger partial charge in [-0.1, -0.05) is 12.1 Å². The van der Waals surface area contributed by atoms with Crippen molar-refractivity contribution in [3.63, 3.8) is 0 Å². The first-order chi connectivity index (χ1) is 5.90. The average molecular weight is 164 g/mol. The first-order valence-corrected chi connectivity index (χ1v) is 4.13. The van der Waals surface area contributed by atoms with E-state index in [2.05, 4.69) is 10.6 Å². The van der Waals surface area contributed by atoms with Crippen molar-refractivity contribution in [2.75, 3.05) is 17.2 Å². The molecule has 64 valence electrons. The summed E-state index contributed by atoms with van der Waals surface area (Å²) in [6.45, 7) is 0.207. The third-order valence-electron chi connectivity index (χ3n) is 2.00. The van der Waals surface area contributed by atoms with Crippen molar-refractivity contribution in [2.24, 2.45) is 0 Å². The van der Waals surface area contributed by atoms with E-state index in [0.29, 0.717) is 0 Å². The molecule has 0 radical (unpaired) electrons. The van der Waals surface area contributed by atoms with Gasteiger partial charge >= 0.3 is 0 Å². The molecule has 0 fully saturated rings. The number of fused-ring (bicyclic) bond motifs is 1. The number of aliphatic hydroxyl groups is 1. The topological polar surface area (TPSA) is 44.3 Å². The van der Waals surface area contributed by atoms with Crippen LogP contribution in [0.1, 0.15) is 6.42 Å². The molecule has 0 saturated carbocycles. The lowest BCUT2D eigenvalue weighted by Crippen LogP contribution is -2.22. The molecule has 0 spiro atoms. The summed E-state index contributed by atoms with van der Waals surface area (Å²) in [7, 11) is 0. The van der Waals surface area contributed by atoms with Gasteiger partial charge in [-0.15, -0.1) is 0 Å². The number of anilines is 2. The van der Waals surface area contributed by atoms with Crippen LogP contribution in [0.4, 0.5) is 11.4 Å². The van der Waals surface area contributed by atoms with Crippen molar-refractivity contribution in [3.05, 3.63) is 24.3 Å². The molecule has 1 aliphatic rings. The molecule has 0 unspecified atom stereocenters. The first kappa shape index (κ1) is 7.43. The van der Waals surface area contributed by atoms with Crippen LogP contribution in [0.2, 0.25) is 0 Å². The predicted molar refractivity (Wildman–Crippen MR) is 49.2 cm³/mol. The van der Waals surface area contributed by atoms with E-state index < -0.39 is 0 Å². The van der Waals surface area contributed by atoms with Crippen LogP contribution < -0.4 is 10.6 Å². The first-order valence-electron chi connectivity index (χ1n) is 4.13. The second-order valence-corrected chi connectivity index (χ2v) is 2.90. The smallest absolute Gasteiger partial charge is 0.0986 e. The van der Waals surface area contributed by atoms with Crippen molar-refractivity contribution in [2.45, 2.75) is 12.6 Å². The van der Waals surface area contributed by atoms with Gasteiger partial charge in [0.2, 0.25) is 0 Å². The monoisotopic (exact) mass is 164 g/mol. The fourth-order valence-electron chi connectivity index (χ4n) is 1.42. The van der Waals surface area contributed by atoms with E-state index >= 15 is 0 Å². The molecule has 0 aliphatic carbocycles. The fourth-order valence-corrected chi connectivity index (χ4v) is 1.42. The Bertz CT molecular complexity index is 250. The van der Waals surface area contributed by atoms with Gasteiger partial charge in [-0.05, 0) is 12.1 Å². The lowest BCUT2D eigenvalue weighted by molar-refractivity contribution is 0.284. The predicted octanol–water partition coefficient (Wildman–Crippen LogP) is 1.23. The van der Waals surface area contributed by atoms with E-state index in [0.717, 1.165) is 17.8 Å². The van der Waals surface area contributed by atoms with Crippen LogP contribution in [-0.4, -0.2) is 17.9 Å². The molecule has 0 aromatic heterocycles. The van der Waals surface area contributed by atoms with Gasteiger partial charge in [0.1, 0.15) is 0 Å². The normalized spacial score (nSPS) is 15.1. The lowest BCUT2D eigenvalue weighted by Gasteiger charge is -2.09. The summed E-state index contributed by atoms with van der Waals surface area (Å²) in [5.74, 6) is 0. The van der Waals surface area contributed by atoms with Crippen molar-refractivity contribution >= 4 is 11.4 Å². The zero-order chi connectivity index (χ0) is 8.39. The van der Waals surface area contributed by atoms with Crippen LogP contribution >= 0.6 is 0 Å². The molecule has 3 N–H and O–H groups in total. The summed E-state index contributed by atoms with van der Waals surface area (Å²) in [6.07, 6.45) is 0.918. The number of rotatable bonds is 2. The molecule has 2 rings (SSSR count). The highest BCUT2D eigenvalue weighted by Gasteiger charge is 2.17. The van der Waals surface area contributed by atoms with Crippen LogP contribution in [0.25, 0.3) is 0 Å². The second-order valence-electron chi connectivity index (χ2n) is 2.90.